The second-order valence-electron chi connectivity index (χ2n) is 6.81. The van der Waals surface area contributed by atoms with Gasteiger partial charge in [0.15, 0.2) is 0 Å². The summed E-state index contributed by atoms with van der Waals surface area (Å²) in [5.41, 5.74) is 2.86. The fraction of sp³-hybridized carbons (Fsp3) is 0.429. The van der Waals surface area contributed by atoms with Crippen molar-refractivity contribution in [3.63, 3.8) is 0 Å². The van der Waals surface area contributed by atoms with Gasteiger partial charge in [0.2, 0.25) is 0 Å². The Bertz CT molecular complexity index is 688. The van der Waals surface area contributed by atoms with E-state index in [1.54, 1.807) is 0 Å². The van der Waals surface area contributed by atoms with Gasteiger partial charge in [-0.05, 0) is 62.4 Å². The van der Waals surface area contributed by atoms with Gasteiger partial charge >= 0.3 is 0 Å². The Hall–Kier alpha value is -2.36. The molecule has 1 aliphatic heterocycles. The van der Waals surface area contributed by atoms with E-state index in [0.717, 1.165) is 36.5 Å². The highest BCUT2D eigenvalue weighted by atomic mass is 16.1. The molecule has 0 aliphatic carbocycles. The Morgan fingerprint density at radius 3 is 2.36 bits per heavy atom. The van der Waals surface area contributed by atoms with Crippen LogP contribution in [0, 0.1) is 0 Å². The molecule has 0 radical (unpaired) electrons. The van der Waals surface area contributed by atoms with Crippen molar-refractivity contribution in [1.29, 1.82) is 0 Å². The minimum absolute atomic E-state index is 0.0144. The Balaban J connectivity index is 1.68. The van der Waals surface area contributed by atoms with Gasteiger partial charge in [-0.3, -0.25) is 4.79 Å². The Morgan fingerprint density at radius 1 is 1.08 bits per heavy atom. The van der Waals surface area contributed by atoms with E-state index in [-0.39, 0.29) is 11.9 Å². The number of hydrogen-bond donors (Lipinski definition) is 1. The number of carbonyl (C=O) groups excluding carboxylic acids is 1. The molecule has 1 aromatic carbocycles. The standard InChI is InChI=1S/C21H27N3O/c1-3-16(2)23-21(25)18-9-7-17(8-10-18)19-11-12-20(22-15-19)24-13-5-4-6-14-24/h7-12,15-16H,3-6,13-14H2,1-2H3,(H,23,25). The number of pyridine rings is 1. The molecule has 0 saturated carbocycles. The monoisotopic (exact) mass is 337 g/mol. The van der Waals surface area contributed by atoms with Crippen LogP contribution in [-0.2, 0) is 0 Å². The Kier molecular flexibility index (Phi) is 5.69. The quantitative estimate of drug-likeness (QED) is 0.886. The number of carbonyl (C=O) groups is 1. The zero-order valence-electron chi connectivity index (χ0n) is 15.2. The summed E-state index contributed by atoms with van der Waals surface area (Å²) in [6, 6.07) is 12.2. The fourth-order valence-electron chi connectivity index (χ4n) is 3.09. The lowest BCUT2D eigenvalue weighted by molar-refractivity contribution is 0.0939. The van der Waals surface area contributed by atoms with E-state index >= 15 is 0 Å². The minimum atomic E-state index is -0.0144. The molecule has 1 fully saturated rings. The topological polar surface area (TPSA) is 45.2 Å². The molecule has 1 atom stereocenters. The van der Waals surface area contributed by atoms with Crippen LogP contribution in [0.15, 0.2) is 42.6 Å². The van der Waals surface area contributed by atoms with Gasteiger partial charge in [-0.15, -0.1) is 0 Å². The molecule has 2 heterocycles. The number of aromatic nitrogens is 1. The maximum atomic E-state index is 12.2. The number of nitrogens with zero attached hydrogens (tertiary/aromatic N) is 2. The lowest BCUT2D eigenvalue weighted by Gasteiger charge is -2.27. The van der Waals surface area contributed by atoms with Crippen LogP contribution >= 0.6 is 0 Å². The molecule has 1 unspecified atom stereocenters. The summed E-state index contributed by atoms with van der Waals surface area (Å²) in [7, 11) is 0. The summed E-state index contributed by atoms with van der Waals surface area (Å²) >= 11 is 0. The molecule has 3 rings (SSSR count). The van der Waals surface area contributed by atoms with Crippen molar-refractivity contribution >= 4 is 11.7 Å². The minimum Gasteiger partial charge on any atom is -0.357 e. The summed E-state index contributed by atoms with van der Waals surface area (Å²) in [6.45, 7) is 6.29. The van der Waals surface area contributed by atoms with Gasteiger partial charge in [0.25, 0.3) is 5.91 Å². The van der Waals surface area contributed by atoms with Gasteiger partial charge in [-0.25, -0.2) is 4.98 Å². The van der Waals surface area contributed by atoms with Crippen LogP contribution in [0.1, 0.15) is 49.9 Å². The van der Waals surface area contributed by atoms with Gasteiger partial charge < -0.3 is 10.2 Å². The molecular weight excluding hydrogens is 310 g/mol. The Labute approximate surface area is 150 Å². The zero-order chi connectivity index (χ0) is 17.6. The zero-order valence-corrected chi connectivity index (χ0v) is 15.2. The van der Waals surface area contributed by atoms with Gasteiger partial charge in [0, 0.05) is 36.5 Å². The first-order valence-electron chi connectivity index (χ1n) is 9.29. The highest BCUT2D eigenvalue weighted by Gasteiger charge is 2.12. The second-order valence-corrected chi connectivity index (χ2v) is 6.81. The summed E-state index contributed by atoms with van der Waals surface area (Å²) < 4.78 is 0. The number of anilines is 1. The van der Waals surface area contributed by atoms with Crippen molar-refractivity contribution in [2.24, 2.45) is 0 Å². The van der Waals surface area contributed by atoms with Gasteiger partial charge in [0.1, 0.15) is 5.82 Å². The fourth-order valence-corrected chi connectivity index (χ4v) is 3.09. The van der Waals surface area contributed by atoms with Crippen LogP contribution in [0.3, 0.4) is 0 Å². The molecule has 1 amide bonds. The van der Waals surface area contributed by atoms with Crippen LogP contribution in [0.25, 0.3) is 11.1 Å². The normalized spacial score (nSPS) is 15.7. The Morgan fingerprint density at radius 2 is 1.76 bits per heavy atom. The predicted octanol–water partition coefficient (Wildman–Crippen LogP) is 4.27. The van der Waals surface area contributed by atoms with Crippen molar-refractivity contribution < 1.29 is 4.79 Å². The molecule has 1 aliphatic rings. The molecule has 4 nitrogen and oxygen atoms in total. The molecule has 25 heavy (non-hydrogen) atoms. The summed E-state index contributed by atoms with van der Waals surface area (Å²) in [5.74, 6) is 1.05. The number of hydrogen-bond acceptors (Lipinski definition) is 3. The highest BCUT2D eigenvalue weighted by molar-refractivity contribution is 5.94. The van der Waals surface area contributed by atoms with Crippen molar-refractivity contribution in [2.75, 3.05) is 18.0 Å². The first kappa shape index (κ1) is 17.5. The molecule has 132 valence electrons. The summed E-state index contributed by atoms with van der Waals surface area (Å²) in [6.07, 6.45) is 6.69. The van der Waals surface area contributed by atoms with E-state index in [4.69, 9.17) is 0 Å². The first-order chi connectivity index (χ1) is 12.2. The molecule has 0 spiro atoms. The molecule has 1 aromatic heterocycles. The largest absolute Gasteiger partial charge is 0.357 e. The van der Waals surface area contributed by atoms with Crippen molar-refractivity contribution in [3.05, 3.63) is 48.2 Å². The van der Waals surface area contributed by atoms with E-state index in [0.29, 0.717) is 5.56 Å². The van der Waals surface area contributed by atoms with Gasteiger partial charge in [-0.2, -0.15) is 0 Å². The predicted molar refractivity (Wildman–Crippen MR) is 103 cm³/mol. The molecule has 4 heteroatoms. The second kappa shape index (κ2) is 8.15. The third-order valence-electron chi connectivity index (χ3n) is 4.90. The third kappa shape index (κ3) is 4.38. The lowest BCUT2D eigenvalue weighted by Crippen LogP contribution is -2.31. The number of benzene rings is 1. The average molecular weight is 337 g/mol. The summed E-state index contributed by atoms with van der Waals surface area (Å²) in [4.78, 5) is 19.1. The smallest absolute Gasteiger partial charge is 0.251 e. The molecule has 1 saturated heterocycles. The van der Waals surface area contributed by atoms with Crippen LogP contribution in [-0.4, -0.2) is 30.0 Å². The first-order valence-corrected chi connectivity index (χ1v) is 9.29. The van der Waals surface area contributed by atoms with E-state index < -0.39 is 0 Å². The van der Waals surface area contributed by atoms with Crippen molar-refractivity contribution in [2.45, 2.75) is 45.6 Å². The molecular formula is C21H27N3O. The van der Waals surface area contributed by atoms with Gasteiger partial charge in [0.05, 0.1) is 0 Å². The number of amides is 1. The molecule has 0 bridgehead atoms. The van der Waals surface area contributed by atoms with E-state index in [1.807, 2.05) is 37.4 Å². The van der Waals surface area contributed by atoms with Gasteiger partial charge in [-0.1, -0.05) is 19.1 Å². The maximum Gasteiger partial charge on any atom is 0.251 e. The van der Waals surface area contributed by atoms with Crippen LogP contribution < -0.4 is 10.2 Å². The molecule has 1 N–H and O–H groups in total. The highest BCUT2D eigenvalue weighted by Crippen LogP contribution is 2.23. The number of piperidine rings is 1. The van der Waals surface area contributed by atoms with Crippen molar-refractivity contribution in [3.8, 4) is 11.1 Å². The SMILES string of the molecule is CCC(C)NC(=O)c1ccc(-c2ccc(N3CCCCC3)nc2)cc1. The average Bonchev–Trinajstić information content (AvgIpc) is 2.69. The summed E-state index contributed by atoms with van der Waals surface area (Å²) in [5, 5.41) is 2.99. The van der Waals surface area contributed by atoms with Crippen molar-refractivity contribution in [1.82, 2.24) is 10.3 Å². The third-order valence-corrected chi connectivity index (χ3v) is 4.90. The van der Waals surface area contributed by atoms with Crippen LogP contribution in [0.5, 0.6) is 0 Å². The van der Waals surface area contributed by atoms with Crippen LogP contribution in [0.4, 0.5) is 5.82 Å². The van der Waals surface area contributed by atoms with Crippen LogP contribution in [0.2, 0.25) is 0 Å². The van der Waals surface area contributed by atoms with E-state index in [2.05, 4.69) is 34.3 Å². The maximum absolute atomic E-state index is 12.2. The van der Waals surface area contributed by atoms with E-state index in [1.165, 1.54) is 19.3 Å². The van der Waals surface area contributed by atoms with E-state index in [9.17, 15) is 4.79 Å². The number of nitrogens with one attached hydrogen (secondary N) is 1. The lowest BCUT2D eigenvalue weighted by atomic mass is 10.0. The molecule has 2 aromatic rings. The number of rotatable bonds is 5.